The summed E-state index contributed by atoms with van der Waals surface area (Å²) in [6, 6.07) is 13.2. The molecule has 3 rings (SSSR count). The number of rotatable bonds is 4. The van der Waals surface area contributed by atoms with Gasteiger partial charge in [-0.1, -0.05) is 35.1 Å². The summed E-state index contributed by atoms with van der Waals surface area (Å²) in [5.41, 5.74) is 1.11. The molecule has 2 N–H and O–H groups in total. The van der Waals surface area contributed by atoms with Crippen molar-refractivity contribution in [3.63, 3.8) is 0 Å². The maximum absolute atomic E-state index is 13.8. The van der Waals surface area contributed by atoms with E-state index in [1.54, 1.807) is 12.1 Å². The fourth-order valence-electron chi connectivity index (χ4n) is 2.51. The highest BCUT2D eigenvalue weighted by Gasteiger charge is 2.07. The average molecular weight is 342 g/mol. The molecule has 0 amide bonds. The van der Waals surface area contributed by atoms with E-state index in [9.17, 15) is 14.0 Å². The molecule has 1 heterocycles. The summed E-state index contributed by atoms with van der Waals surface area (Å²) < 4.78 is 18.7. The van der Waals surface area contributed by atoms with Gasteiger partial charge in [-0.05, 0) is 28.8 Å². The Labute approximate surface area is 141 Å². The van der Waals surface area contributed by atoms with Gasteiger partial charge in [0.25, 0.3) is 5.56 Å². The van der Waals surface area contributed by atoms with E-state index in [-0.39, 0.29) is 10.5 Å². The zero-order valence-electron chi connectivity index (χ0n) is 13.3. The monoisotopic (exact) mass is 342 g/mol. The summed E-state index contributed by atoms with van der Waals surface area (Å²) in [5, 5.41) is 9.14. The normalized spacial score (nSPS) is 10.6. The summed E-state index contributed by atoms with van der Waals surface area (Å²) in [6.45, 7) is 0. The van der Waals surface area contributed by atoms with Crippen LogP contribution in [0.25, 0.3) is 11.1 Å². The zero-order chi connectivity index (χ0) is 18.0. The SMILES string of the molecule is COc1ccc(-c2ccc(Cc3cc(=O)n(O)c(=O)[nH]3)cc2)cc1F. The standard InChI is InChI=1S/C18H15FN2O4/c1-25-16-7-6-13(9-15(16)19)12-4-2-11(3-5-12)8-14-10-17(22)21(24)18(23)20-14/h2-7,9-10,24H,8H2,1H3,(H,20,23). The third-order valence-electron chi connectivity index (χ3n) is 3.80. The fourth-order valence-corrected chi connectivity index (χ4v) is 2.51. The molecule has 3 aromatic rings. The number of ether oxygens (including phenoxy) is 1. The molecule has 0 fully saturated rings. The number of aromatic nitrogens is 2. The summed E-state index contributed by atoms with van der Waals surface area (Å²) in [7, 11) is 1.41. The van der Waals surface area contributed by atoms with Crippen LogP contribution in [0.5, 0.6) is 5.75 Å². The van der Waals surface area contributed by atoms with E-state index in [1.165, 1.54) is 13.2 Å². The van der Waals surface area contributed by atoms with Crippen molar-refractivity contribution in [1.29, 1.82) is 0 Å². The molecule has 0 radical (unpaired) electrons. The highest BCUT2D eigenvalue weighted by molar-refractivity contribution is 5.64. The van der Waals surface area contributed by atoms with Gasteiger partial charge in [0.2, 0.25) is 0 Å². The largest absolute Gasteiger partial charge is 0.494 e. The van der Waals surface area contributed by atoms with E-state index in [0.29, 0.717) is 17.7 Å². The van der Waals surface area contributed by atoms with Crippen LogP contribution in [-0.2, 0) is 6.42 Å². The summed E-state index contributed by atoms with van der Waals surface area (Å²) >= 11 is 0. The van der Waals surface area contributed by atoms with Gasteiger partial charge >= 0.3 is 5.69 Å². The average Bonchev–Trinajstić information content (AvgIpc) is 2.60. The lowest BCUT2D eigenvalue weighted by Crippen LogP contribution is -2.33. The van der Waals surface area contributed by atoms with E-state index in [1.807, 2.05) is 24.3 Å². The van der Waals surface area contributed by atoms with E-state index < -0.39 is 17.1 Å². The van der Waals surface area contributed by atoms with Gasteiger partial charge in [-0.15, -0.1) is 0 Å². The number of halogens is 1. The van der Waals surface area contributed by atoms with E-state index in [2.05, 4.69) is 4.98 Å². The lowest BCUT2D eigenvalue weighted by Gasteiger charge is -2.07. The fraction of sp³-hybridized carbons (Fsp3) is 0.111. The predicted molar refractivity (Wildman–Crippen MR) is 89.7 cm³/mol. The van der Waals surface area contributed by atoms with Crippen LogP contribution >= 0.6 is 0 Å². The second-order valence-corrected chi connectivity index (χ2v) is 5.47. The van der Waals surface area contributed by atoms with Crippen LogP contribution in [0.1, 0.15) is 11.3 Å². The first-order chi connectivity index (χ1) is 12.0. The molecular weight excluding hydrogens is 327 g/mol. The second kappa shape index (κ2) is 6.64. The van der Waals surface area contributed by atoms with Gasteiger partial charge in [0, 0.05) is 18.2 Å². The Balaban J connectivity index is 1.84. The minimum absolute atomic E-state index is 0.0187. The molecule has 6 nitrogen and oxygen atoms in total. The molecule has 0 atom stereocenters. The Morgan fingerprint density at radius 2 is 1.76 bits per heavy atom. The minimum atomic E-state index is -0.882. The molecule has 0 saturated carbocycles. The van der Waals surface area contributed by atoms with Crippen molar-refractivity contribution in [2.45, 2.75) is 6.42 Å². The summed E-state index contributed by atoms with van der Waals surface area (Å²) in [6.07, 6.45) is 0.322. The first-order valence-corrected chi connectivity index (χ1v) is 7.45. The van der Waals surface area contributed by atoms with Crippen molar-refractivity contribution in [3.05, 3.63) is 86.4 Å². The lowest BCUT2D eigenvalue weighted by atomic mass is 10.0. The van der Waals surface area contributed by atoms with Crippen molar-refractivity contribution in [1.82, 2.24) is 9.71 Å². The van der Waals surface area contributed by atoms with Gasteiger partial charge in [0.05, 0.1) is 7.11 Å². The van der Waals surface area contributed by atoms with E-state index in [4.69, 9.17) is 9.94 Å². The summed E-state index contributed by atoms with van der Waals surface area (Å²) in [5.74, 6) is -0.255. The molecule has 0 aliphatic heterocycles. The molecule has 0 unspecified atom stereocenters. The number of aromatic amines is 1. The third-order valence-corrected chi connectivity index (χ3v) is 3.80. The van der Waals surface area contributed by atoms with Crippen LogP contribution in [0.2, 0.25) is 0 Å². The van der Waals surface area contributed by atoms with Gasteiger partial charge in [-0.2, -0.15) is 0 Å². The number of methoxy groups -OCH3 is 1. The summed E-state index contributed by atoms with van der Waals surface area (Å²) in [4.78, 5) is 25.2. The van der Waals surface area contributed by atoms with Crippen LogP contribution in [0, 0.1) is 5.82 Å². The van der Waals surface area contributed by atoms with Crippen LogP contribution in [0.3, 0.4) is 0 Å². The van der Waals surface area contributed by atoms with Crippen molar-refractivity contribution in [3.8, 4) is 16.9 Å². The van der Waals surface area contributed by atoms with Crippen LogP contribution in [0.4, 0.5) is 4.39 Å². The van der Waals surface area contributed by atoms with Crippen LogP contribution in [-0.4, -0.2) is 22.0 Å². The number of benzene rings is 2. The molecule has 2 aromatic carbocycles. The third kappa shape index (κ3) is 3.45. The molecular formula is C18H15FN2O4. The van der Waals surface area contributed by atoms with Gasteiger partial charge in [-0.3, -0.25) is 4.79 Å². The van der Waals surface area contributed by atoms with Crippen molar-refractivity contribution >= 4 is 0 Å². The Morgan fingerprint density at radius 3 is 2.36 bits per heavy atom. The van der Waals surface area contributed by atoms with Crippen LogP contribution in [0.15, 0.2) is 58.1 Å². The van der Waals surface area contributed by atoms with E-state index >= 15 is 0 Å². The molecule has 0 aliphatic rings. The van der Waals surface area contributed by atoms with Gasteiger partial charge in [0.1, 0.15) is 0 Å². The lowest BCUT2D eigenvalue weighted by molar-refractivity contribution is 0.160. The van der Waals surface area contributed by atoms with Crippen molar-refractivity contribution in [2.75, 3.05) is 7.11 Å². The van der Waals surface area contributed by atoms with Crippen LogP contribution < -0.4 is 16.0 Å². The maximum atomic E-state index is 13.8. The molecule has 128 valence electrons. The first kappa shape index (κ1) is 16.5. The quantitative estimate of drug-likeness (QED) is 0.712. The molecule has 0 spiro atoms. The molecule has 25 heavy (non-hydrogen) atoms. The molecule has 7 heteroatoms. The number of nitrogens with zero attached hydrogens (tertiary/aromatic N) is 1. The van der Waals surface area contributed by atoms with Gasteiger partial charge < -0.3 is 14.9 Å². The Kier molecular flexibility index (Phi) is 4.38. The maximum Gasteiger partial charge on any atom is 0.362 e. The second-order valence-electron chi connectivity index (χ2n) is 5.47. The molecule has 1 aromatic heterocycles. The number of hydrogen-bond donors (Lipinski definition) is 2. The number of H-pyrrole nitrogens is 1. The minimum Gasteiger partial charge on any atom is -0.494 e. The van der Waals surface area contributed by atoms with Gasteiger partial charge in [0.15, 0.2) is 11.6 Å². The molecule has 0 aliphatic carbocycles. The predicted octanol–water partition coefficient (Wildman–Crippen LogP) is 2.18. The topological polar surface area (TPSA) is 84.3 Å². The van der Waals surface area contributed by atoms with E-state index in [0.717, 1.165) is 17.2 Å². The zero-order valence-corrected chi connectivity index (χ0v) is 13.3. The molecule has 0 saturated heterocycles. The Morgan fingerprint density at radius 1 is 1.08 bits per heavy atom. The smallest absolute Gasteiger partial charge is 0.362 e. The number of hydrogen-bond acceptors (Lipinski definition) is 4. The number of nitrogens with one attached hydrogen (secondary N) is 1. The van der Waals surface area contributed by atoms with Crippen molar-refractivity contribution in [2.24, 2.45) is 0 Å². The molecule has 0 bridgehead atoms. The Hall–Kier alpha value is -3.35. The highest BCUT2D eigenvalue weighted by Crippen LogP contribution is 2.25. The van der Waals surface area contributed by atoms with Crippen molar-refractivity contribution < 1.29 is 14.3 Å². The first-order valence-electron chi connectivity index (χ1n) is 7.45. The van der Waals surface area contributed by atoms with Gasteiger partial charge in [-0.25, -0.2) is 9.18 Å². The Bertz CT molecular complexity index is 991. The highest BCUT2D eigenvalue weighted by atomic mass is 19.1.